The summed E-state index contributed by atoms with van der Waals surface area (Å²) < 4.78 is 0. The minimum Gasteiger partial charge on any atom is -0.245 e. The lowest BCUT2D eigenvalue weighted by molar-refractivity contribution is 0.856. The Kier molecular flexibility index (Phi) is 6.47. The van der Waals surface area contributed by atoms with Gasteiger partial charge in [0.05, 0.1) is 5.71 Å². The van der Waals surface area contributed by atoms with Crippen molar-refractivity contribution in [1.82, 2.24) is 9.97 Å². The molecule has 0 aliphatic carbocycles. The molecule has 1 aromatic carbocycles. The van der Waals surface area contributed by atoms with Crippen LogP contribution in [0.3, 0.4) is 0 Å². The van der Waals surface area contributed by atoms with E-state index in [-0.39, 0.29) is 0 Å². The average molecular weight is 324 g/mol. The first-order valence-electron chi connectivity index (χ1n) is 8.81. The highest BCUT2D eigenvalue weighted by atomic mass is 15.4. The molecule has 0 aliphatic heterocycles. The molecular weight excluding hydrogens is 296 g/mol. The third-order valence-corrected chi connectivity index (χ3v) is 4.00. The van der Waals surface area contributed by atoms with E-state index in [0.717, 1.165) is 41.9 Å². The van der Waals surface area contributed by atoms with Crippen molar-refractivity contribution < 1.29 is 0 Å². The van der Waals surface area contributed by atoms with E-state index >= 15 is 0 Å². The standard InChI is InChI=1S/C20H28N4/c1-6-9-19-13-18(7-2)21-20(22-19)24-23-15(5)17-11-8-10-16(12-17)14(3)4/h8,10-14H,6-7,9H2,1-5H3,(H,21,22,24). The predicted octanol–water partition coefficient (Wildman–Crippen LogP) is 4.95. The summed E-state index contributed by atoms with van der Waals surface area (Å²) >= 11 is 0. The maximum atomic E-state index is 4.55. The van der Waals surface area contributed by atoms with Crippen molar-refractivity contribution in [3.8, 4) is 0 Å². The molecule has 1 N–H and O–H groups in total. The Hall–Kier alpha value is -2.23. The van der Waals surface area contributed by atoms with Crippen LogP contribution in [0.5, 0.6) is 0 Å². The fourth-order valence-corrected chi connectivity index (χ4v) is 2.49. The maximum absolute atomic E-state index is 4.55. The molecule has 0 unspecified atom stereocenters. The largest absolute Gasteiger partial charge is 0.245 e. The van der Waals surface area contributed by atoms with Gasteiger partial charge in [0.25, 0.3) is 0 Å². The van der Waals surface area contributed by atoms with E-state index in [4.69, 9.17) is 0 Å². The molecule has 0 saturated carbocycles. The van der Waals surface area contributed by atoms with Crippen molar-refractivity contribution in [3.63, 3.8) is 0 Å². The fourth-order valence-electron chi connectivity index (χ4n) is 2.49. The first-order valence-corrected chi connectivity index (χ1v) is 8.81. The van der Waals surface area contributed by atoms with Gasteiger partial charge in [-0.15, -0.1) is 0 Å². The second-order valence-corrected chi connectivity index (χ2v) is 6.37. The quantitative estimate of drug-likeness (QED) is 0.579. The Morgan fingerprint density at radius 1 is 1.12 bits per heavy atom. The van der Waals surface area contributed by atoms with Crippen molar-refractivity contribution in [1.29, 1.82) is 0 Å². The molecule has 4 heteroatoms. The molecule has 1 heterocycles. The molecule has 2 aromatic rings. The highest BCUT2D eigenvalue weighted by Crippen LogP contribution is 2.16. The van der Waals surface area contributed by atoms with Gasteiger partial charge in [-0.25, -0.2) is 15.4 Å². The number of nitrogens with one attached hydrogen (secondary N) is 1. The number of hydrazone groups is 1. The number of hydrogen-bond acceptors (Lipinski definition) is 4. The van der Waals surface area contributed by atoms with Crippen LogP contribution in [-0.4, -0.2) is 15.7 Å². The predicted molar refractivity (Wildman–Crippen MR) is 102 cm³/mol. The van der Waals surface area contributed by atoms with Crippen molar-refractivity contribution in [2.45, 2.75) is 59.8 Å². The highest BCUT2D eigenvalue weighted by Gasteiger charge is 2.05. The summed E-state index contributed by atoms with van der Waals surface area (Å²) in [5.74, 6) is 1.09. The van der Waals surface area contributed by atoms with Crippen LogP contribution in [0.25, 0.3) is 0 Å². The normalized spacial score (nSPS) is 11.8. The van der Waals surface area contributed by atoms with Gasteiger partial charge in [0.15, 0.2) is 0 Å². The third-order valence-electron chi connectivity index (χ3n) is 4.00. The van der Waals surface area contributed by atoms with Gasteiger partial charge in [0.2, 0.25) is 5.95 Å². The van der Waals surface area contributed by atoms with Gasteiger partial charge < -0.3 is 0 Å². The molecule has 1 aromatic heterocycles. The molecule has 0 atom stereocenters. The molecule has 4 nitrogen and oxygen atoms in total. The Morgan fingerprint density at radius 3 is 2.54 bits per heavy atom. The van der Waals surface area contributed by atoms with E-state index in [0.29, 0.717) is 11.9 Å². The van der Waals surface area contributed by atoms with Crippen molar-refractivity contribution in [2.24, 2.45) is 5.10 Å². The van der Waals surface area contributed by atoms with Gasteiger partial charge in [-0.05, 0) is 48.9 Å². The molecule has 128 valence electrons. The van der Waals surface area contributed by atoms with E-state index in [1.807, 2.05) is 6.92 Å². The van der Waals surface area contributed by atoms with Gasteiger partial charge in [0, 0.05) is 11.4 Å². The third kappa shape index (κ3) is 4.88. The van der Waals surface area contributed by atoms with Crippen molar-refractivity contribution in [3.05, 3.63) is 52.8 Å². The van der Waals surface area contributed by atoms with Crippen molar-refractivity contribution in [2.75, 3.05) is 5.43 Å². The van der Waals surface area contributed by atoms with Crippen LogP contribution in [0.1, 0.15) is 69.5 Å². The first-order chi connectivity index (χ1) is 11.5. The van der Waals surface area contributed by atoms with Crippen molar-refractivity contribution >= 4 is 11.7 Å². The lowest BCUT2D eigenvalue weighted by Gasteiger charge is -2.09. The monoisotopic (exact) mass is 324 g/mol. The molecule has 0 amide bonds. The summed E-state index contributed by atoms with van der Waals surface area (Å²) in [5, 5.41) is 4.48. The lowest BCUT2D eigenvalue weighted by Crippen LogP contribution is -2.06. The molecule has 0 saturated heterocycles. The fraction of sp³-hybridized carbons (Fsp3) is 0.450. The second-order valence-electron chi connectivity index (χ2n) is 6.37. The second kappa shape index (κ2) is 8.57. The summed E-state index contributed by atoms with van der Waals surface area (Å²) in [7, 11) is 0. The van der Waals surface area contributed by atoms with Crippen LogP contribution in [0.4, 0.5) is 5.95 Å². The molecule has 2 rings (SSSR count). The summed E-state index contributed by atoms with van der Waals surface area (Å²) in [6.45, 7) is 10.7. The highest BCUT2D eigenvalue weighted by molar-refractivity contribution is 5.99. The Bertz CT molecular complexity index is 705. The summed E-state index contributed by atoms with van der Waals surface area (Å²) in [6.07, 6.45) is 2.93. The molecule has 0 bridgehead atoms. The van der Waals surface area contributed by atoms with E-state index in [1.54, 1.807) is 0 Å². The van der Waals surface area contributed by atoms with E-state index in [2.05, 4.69) is 78.5 Å². The van der Waals surface area contributed by atoms with Gasteiger partial charge >= 0.3 is 0 Å². The number of aryl methyl sites for hydroxylation is 2. The number of hydrogen-bond donors (Lipinski definition) is 1. The SMILES string of the molecule is CCCc1cc(CC)nc(NN=C(C)c2cccc(C(C)C)c2)n1. The molecular formula is C20H28N4. The summed E-state index contributed by atoms with van der Waals surface area (Å²) in [6, 6.07) is 10.6. The Labute approximate surface area is 145 Å². The smallest absolute Gasteiger partial charge is 0.243 e. The van der Waals surface area contributed by atoms with Crippen LogP contribution in [0, 0.1) is 0 Å². The maximum Gasteiger partial charge on any atom is 0.243 e. The first kappa shape index (κ1) is 18.1. The zero-order valence-corrected chi connectivity index (χ0v) is 15.4. The molecule has 0 fully saturated rings. The van der Waals surface area contributed by atoms with Gasteiger partial charge in [-0.2, -0.15) is 5.10 Å². The van der Waals surface area contributed by atoms with Crippen LogP contribution in [-0.2, 0) is 12.8 Å². The Morgan fingerprint density at radius 2 is 1.88 bits per heavy atom. The van der Waals surface area contributed by atoms with Gasteiger partial charge in [0.1, 0.15) is 0 Å². The van der Waals surface area contributed by atoms with E-state index < -0.39 is 0 Å². The molecule has 0 radical (unpaired) electrons. The number of aromatic nitrogens is 2. The van der Waals surface area contributed by atoms with Gasteiger partial charge in [-0.1, -0.05) is 52.3 Å². The molecule has 0 aliphatic rings. The average Bonchev–Trinajstić information content (AvgIpc) is 2.59. The van der Waals surface area contributed by atoms with Crippen LogP contribution in [0.15, 0.2) is 35.4 Å². The van der Waals surface area contributed by atoms with Crippen LogP contribution in [0.2, 0.25) is 0 Å². The lowest BCUT2D eigenvalue weighted by atomic mass is 9.99. The Balaban J connectivity index is 2.20. The van der Waals surface area contributed by atoms with E-state index in [9.17, 15) is 0 Å². The zero-order chi connectivity index (χ0) is 17.5. The van der Waals surface area contributed by atoms with E-state index in [1.165, 1.54) is 5.56 Å². The summed E-state index contributed by atoms with van der Waals surface area (Å²) in [5.41, 5.74) is 8.51. The summed E-state index contributed by atoms with van der Waals surface area (Å²) in [4.78, 5) is 9.07. The number of anilines is 1. The number of nitrogens with zero attached hydrogens (tertiary/aromatic N) is 3. The zero-order valence-electron chi connectivity index (χ0n) is 15.4. The molecule has 0 spiro atoms. The van der Waals surface area contributed by atoms with Crippen LogP contribution >= 0.6 is 0 Å². The minimum atomic E-state index is 0.506. The minimum absolute atomic E-state index is 0.506. The number of benzene rings is 1. The number of rotatable bonds is 7. The van der Waals surface area contributed by atoms with Gasteiger partial charge in [-0.3, -0.25) is 0 Å². The molecule has 24 heavy (non-hydrogen) atoms. The van der Waals surface area contributed by atoms with Crippen LogP contribution < -0.4 is 5.43 Å². The topological polar surface area (TPSA) is 50.2 Å².